The highest BCUT2D eigenvalue weighted by molar-refractivity contribution is 8.16. The van der Waals surface area contributed by atoms with Crippen LogP contribution in [0.15, 0.2) is 48.5 Å². The first-order valence-electron chi connectivity index (χ1n) is 10.0. The number of amides is 1. The van der Waals surface area contributed by atoms with Gasteiger partial charge in [0.1, 0.15) is 5.75 Å². The molecule has 1 aliphatic carbocycles. The van der Waals surface area contributed by atoms with Gasteiger partial charge in [0, 0.05) is 0 Å². The van der Waals surface area contributed by atoms with Crippen LogP contribution in [-0.4, -0.2) is 24.0 Å². The number of hydrogen-bond donors (Lipinski definition) is 1. The summed E-state index contributed by atoms with van der Waals surface area (Å²) in [6.07, 6.45) is 3.66. The van der Waals surface area contributed by atoms with Gasteiger partial charge in [-0.1, -0.05) is 42.0 Å². The molecule has 1 N–H and O–H groups in total. The molecule has 2 aromatic rings. The Kier molecular flexibility index (Phi) is 6.53. The van der Waals surface area contributed by atoms with E-state index >= 15 is 0 Å². The third-order valence-electron chi connectivity index (χ3n) is 5.20. The smallest absolute Gasteiger partial charge is 0.258 e. The minimum Gasteiger partial charge on any atom is -0.484 e. The molecule has 0 spiro atoms. The summed E-state index contributed by atoms with van der Waals surface area (Å²) in [6, 6.07) is 16.8. The van der Waals surface area contributed by atoms with Crippen LogP contribution in [0.3, 0.4) is 0 Å². The van der Waals surface area contributed by atoms with Crippen molar-refractivity contribution in [3.63, 3.8) is 0 Å². The molecular weight excluding hydrogens is 386 g/mol. The molecule has 1 heterocycles. The normalized spacial score (nSPS) is 18.5. The van der Waals surface area contributed by atoms with Crippen LogP contribution < -0.4 is 10.1 Å². The van der Waals surface area contributed by atoms with E-state index in [0.29, 0.717) is 10.5 Å². The Labute approximate surface area is 176 Å². The second-order valence-corrected chi connectivity index (χ2v) is 10.3. The van der Waals surface area contributed by atoms with Crippen molar-refractivity contribution in [1.29, 1.82) is 0 Å². The number of hydrogen-bond acceptors (Lipinski definition) is 4. The van der Waals surface area contributed by atoms with Gasteiger partial charge in [-0.05, 0) is 66.9 Å². The lowest BCUT2D eigenvalue weighted by Crippen LogP contribution is -2.33. The van der Waals surface area contributed by atoms with Crippen LogP contribution in [0.5, 0.6) is 5.75 Å². The van der Waals surface area contributed by atoms with Crippen LogP contribution in [0.4, 0.5) is 0 Å². The topological polar surface area (TPSA) is 38.3 Å². The molecule has 28 heavy (non-hydrogen) atoms. The van der Waals surface area contributed by atoms with E-state index in [0.717, 1.165) is 5.75 Å². The zero-order valence-electron chi connectivity index (χ0n) is 16.2. The van der Waals surface area contributed by atoms with E-state index in [1.54, 1.807) is 0 Å². The lowest BCUT2D eigenvalue weighted by molar-refractivity contribution is -0.124. The summed E-state index contributed by atoms with van der Waals surface area (Å²) in [4.78, 5) is 12.5. The lowest BCUT2D eigenvalue weighted by Gasteiger charge is -2.21. The van der Waals surface area contributed by atoms with Crippen molar-refractivity contribution in [2.24, 2.45) is 5.92 Å². The Bertz CT molecular complexity index is 781. The van der Waals surface area contributed by atoms with E-state index in [1.807, 2.05) is 35.7 Å². The minimum absolute atomic E-state index is 0.0556. The van der Waals surface area contributed by atoms with Gasteiger partial charge >= 0.3 is 0 Å². The van der Waals surface area contributed by atoms with E-state index in [2.05, 4.69) is 48.6 Å². The zero-order chi connectivity index (χ0) is 19.3. The lowest BCUT2D eigenvalue weighted by atomic mass is 10.0. The Morgan fingerprint density at radius 3 is 2.39 bits per heavy atom. The van der Waals surface area contributed by atoms with Gasteiger partial charge in [0.2, 0.25) is 0 Å². The van der Waals surface area contributed by atoms with Crippen LogP contribution in [-0.2, 0) is 4.79 Å². The van der Waals surface area contributed by atoms with Gasteiger partial charge in [-0.15, -0.1) is 23.5 Å². The van der Waals surface area contributed by atoms with Gasteiger partial charge < -0.3 is 10.1 Å². The highest BCUT2D eigenvalue weighted by atomic mass is 32.2. The highest BCUT2D eigenvalue weighted by Gasteiger charge is 2.33. The molecule has 0 bridgehead atoms. The maximum atomic E-state index is 12.5. The summed E-state index contributed by atoms with van der Waals surface area (Å²) >= 11 is 4.03. The van der Waals surface area contributed by atoms with E-state index in [9.17, 15) is 4.79 Å². The Morgan fingerprint density at radius 2 is 1.75 bits per heavy atom. The van der Waals surface area contributed by atoms with Gasteiger partial charge in [0.25, 0.3) is 5.91 Å². The summed E-state index contributed by atoms with van der Waals surface area (Å²) in [5.41, 5.74) is 3.76. The second-order valence-electron chi connectivity index (χ2n) is 7.58. The quantitative estimate of drug-likeness (QED) is 0.649. The Balaban J connectivity index is 1.30. The number of nitrogens with one attached hydrogen (secondary N) is 1. The Hall–Kier alpha value is -1.59. The fourth-order valence-electron chi connectivity index (χ4n) is 3.44. The first-order valence-corrected chi connectivity index (χ1v) is 12.1. The SMILES string of the molecule is Cc1ccc([C@H](NC(=O)COc2ccc(C3SCCCS3)cc2)C2CC2)cc1. The van der Waals surface area contributed by atoms with Crippen LogP contribution in [0, 0.1) is 12.8 Å². The Morgan fingerprint density at radius 1 is 1.07 bits per heavy atom. The van der Waals surface area contributed by atoms with Crippen LogP contribution in [0.25, 0.3) is 0 Å². The zero-order valence-corrected chi connectivity index (χ0v) is 17.9. The monoisotopic (exact) mass is 413 g/mol. The first kappa shape index (κ1) is 19.7. The van der Waals surface area contributed by atoms with Crippen molar-refractivity contribution in [2.75, 3.05) is 18.1 Å². The average Bonchev–Trinajstić information content (AvgIpc) is 3.58. The number of ether oxygens (including phenoxy) is 1. The molecule has 1 amide bonds. The molecule has 2 fully saturated rings. The molecule has 148 valence electrons. The maximum Gasteiger partial charge on any atom is 0.258 e. The molecule has 3 nitrogen and oxygen atoms in total. The van der Waals surface area contributed by atoms with Gasteiger partial charge in [0.05, 0.1) is 10.6 Å². The van der Waals surface area contributed by atoms with Gasteiger partial charge in [-0.2, -0.15) is 0 Å². The largest absolute Gasteiger partial charge is 0.484 e. The van der Waals surface area contributed by atoms with Gasteiger partial charge in [-0.3, -0.25) is 4.79 Å². The van der Waals surface area contributed by atoms with E-state index < -0.39 is 0 Å². The summed E-state index contributed by atoms with van der Waals surface area (Å²) in [6.45, 7) is 2.14. The van der Waals surface area contributed by atoms with Crippen LogP contribution >= 0.6 is 23.5 Å². The maximum absolute atomic E-state index is 12.5. The minimum atomic E-state index is -0.0556. The first-order chi connectivity index (χ1) is 13.7. The fraction of sp³-hybridized carbons (Fsp3) is 0.435. The van der Waals surface area contributed by atoms with Crippen molar-refractivity contribution in [3.8, 4) is 5.75 Å². The summed E-state index contributed by atoms with van der Waals surface area (Å²) in [7, 11) is 0. The predicted molar refractivity (Wildman–Crippen MR) is 119 cm³/mol. The third kappa shape index (κ3) is 5.26. The predicted octanol–water partition coefficient (Wildman–Crippen LogP) is 5.51. The average molecular weight is 414 g/mol. The molecule has 2 aromatic carbocycles. The van der Waals surface area contributed by atoms with E-state index in [1.165, 1.54) is 47.5 Å². The number of carbonyl (C=O) groups excluding carboxylic acids is 1. The van der Waals surface area contributed by atoms with Crippen molar-refractivity contribution >= 4 is 29.4 Å². The molecule has 0 radical (unpaired) electrons. The standard InChI is InChI=1S/C23H27NO2S2/c1-16-3-5-17(6-4-16)22(18-7-8-18)24-21(25)15-26-20-11-9-19(10-12-20)23-27-13-2-14-28-23/h3-6,9-12,18,22-23H,2,7-8,13-15H2,1H3,(H,24,25)/t22-/m0/s1. The van der Waals surface area contributed by atoms with Crippen LogP contribution in [0.1, 0.15) is 46.6 Å². The van der Waals surface area contributed by atoms with Crippen molar-refractivity contribution in [3.05, 3.63) is 65.2 Å². The molecule has 1 atom stereocenters. The van der Waals surface area contributed by atoms with Crippen molar-refractivity contribution in [1.82, 2.24) is 5.32 Å². The molecule has 5 heteroatoms. The third-order valence-corrected chi connectivity index (χ3v) is 8.21. The van der Waals surface area contributed by atoms with Crippen LogP contribution in [0.2, 0.25) is 0 Å². The molecule has 1 saturated carbocycles. The number of carbonyl (C=O) groups is 1. The van der Waals surface area contributed by atoms with E-state index in [4.69, 9.17) is 4.74 Å². The second kappa shape index (κ2) is 9.27. The van der Waals surface area contributed by atoms with Crippen molar-refractivity contribution < 1.29 is 9.53 Å². The number of benzene rings is 2. The number of thioether (sulfide) groups is 2. The number of rotatable bonds is 7. The fourth-order valence-corrected chi connectivity index (χ4v) is 6.34. The molecule has 0 unspecified atom stereocenters. The summed E-state index contributed by atoms with van der Waals surface area (Å²) in [5, 5.41) is 3.18. The number of aryl methyl sites for hydroxylation is 1. The molecular formula is C23H27NO2S2. The summed E-state index contributed by atoms with van der Waals surface area (Å²) in [5.74, 6) is 3.72. The molecule has 1 aliphatic heterocycles. The van der Waals surface area contributed by atoms with Gasteiger partial charge in [-0.25, -0.2) is 0 Å². The summed E-state index contributed by atoms with van der Waals surface area (Å²) < 4.78 is 6.27. The highest BCUT2D eigenvalue weighted by Crippen LogP contribution is 2.44. The van der Waals surface area contributed by atoms with Gasteiger partial charge in [0.15, 0.2) is 6.61 Å². The molecule has 4 rings (SSSR count). The molecule has 0 aromatic heterocycles. The van der Waals surface area contributed by atoms with E-state index in [-0.39, 0.29) is 18.6 Å². The van der Waals surface area contributed by atoms with Crippen molar-refractivity contribution in [2.45, 2.75) is 36.8 Å². The molecule has 2 aliphatic rings. The molecule has 1 saturated heterocycles.